The Hall–Kier alpha value is -2.10. The SMILES string of the molecule is O=C(c1ccc(-c2ccccc2)nc1)C(F)F. The lowest BCUT2D eigenvalue weighted by molar-refractivity contribution is 0.0678. The van der Waals surface area contributed by atoms with Gasteiger partial charge in [-0.1, -0.05) is 30.3 Å². The monoisotopic (exact) mass is 233 g/mol. The normalized spacial score (nSPS) is 10.5. The Balaban J connectivity index is 2.28. The van der Waals surface area contributed by atoms with Crippen LogP contribution >= 0.6 is 0 Å². The minimum Gasteiger partial charge on any atom is -0.288 e. The van der Waals surface area contributed by atoms with E-state index in [9.17, 15) is 13.6 Å². The molecule has 0 spiro atoms. The van der Waals surface area contributed by atoms with E-state index in [0.717, 1.165) is 5.56 Å². The molecule has 1 aromatic heterocycles. The van der Waals surface area contributed by atoms with Crippen molar-refractivity contribution in [1.29, 1.82) is 0 Å². The van der Waals surface area contributed by atoms with E-state index in [1.54, 1.807) is 6.07 Å². The summed E-state index contributed by atoms with van der Waals surface area (Å²) in [6, 6.07) is 12.2. The van der Waals surface area contributed by atoms with Gasteiger partial charge in [0.25, 0.3) is 0 Å². The summed E-state index contributed by atoms with van der Waals surface area (Å²) >= 11 is 0. The smallest absolute Gasteiger partial charge is 0.288 e. The van der Waals surface area contributed by atoms with Crippen LogP contribution in [-0.2, 0) is 0 Å². The van der Waals surface area contributed by atoms with Crippen molar-refractivity contribution in [3.05, 3.63) is 54.2 Å². The number of Topliss-reactive ketones (excluding diaryl/α,β-unsaturated/α-hetero) is 1. The molecular formula is C13H9F2NO. The molecule has 2 rings (SSSR count). The average Bonchev–Trinajstić information content (AvgIpc) is 2.39. The minimum atomic E-state index is -2.99. The number of halogens is 2. The van der Waals surface area contributed by atoms with E-state index in [1.807, 2.05) is 30.3 Å². The third kappa shape index (κ3) is 2.53. The molecule has 0 aliphatic heterocycles. The fourth-order valence-electron chi connectivity index (χ4n) is 1.45. The van der Waals surface area contributed by atoms with Gasteiger partial charge in [0.2, 0.25) is 5.78 Å². The molecule has 2 nitrogen and oxygen atoms in total. The van der Waals surface area contributed by atoms with E-state index in [1.165, 1.54) is 12.3 Å². The van der Waals surface area contributed by atoms with Gasteiger partial charge in [0, 0.05) is 17.3 Å². The van der Waals surface area contributed by atoms with Crippen LogP contribution in [0.25, 0.3) is 11.3 Å². The third-order valence-corrected chi connectivity index (χ3v) is 2.32. The van der Waals surface area contributed by atoms with Crippen LogP contribution in [0.4, 0.5) is 8.78 Å². The van der Waals surface area contributed by atoms with E-state index in [4.69, 9.17) is 0 Å². The predicted octanol–water partition coefficient (Wildman–Crippen LogP) is 3.20. The molecule has 0 bridgehead atoms. The number of alkyl halides is 2. The molecule has 17 heavy (non-hydrogen) atoms. The molecule has 0 fully saturated rings. The first-order valence-corrected chi connectivity index (χ1v) is 5.02. The minimum absolute atomic E-state index is 0.0697. The molecule has 0 N–H and O–H groups in total. The molecule has 0 atom stereocenters. The molecule has 86 valence electrons. The second kappa shape index (κ2) is 4.82. The molecule has 1 heterocycles. The number of carbonyl (C=O) groups excluding carboxylic acids is 1. The zero-order valence-corrected chi connectivity index (χ0v) is 8.81. The summed E-state index contributed by atoms with van der Waals surface area (Å²) in [5.74, 6) is -1.20. The molecule has 0 aliphatic carbocycles. The summed E-state index contributed by atoms with van der Waals surface area (Å²) in [6.07, 6.45) is -1.81. The van der Waals surface area contributed by atoms with Crippen molar-refractivity contribution in [3.63, 3.8) is 0 Å². The number of benzene rings is 1. The van der Waals surface area contributed by atoms with E-state index in [0.29, 0.717) is 5.69 Å². The van der Waals surface area contributed by atoms with E-state index in [2.05, 4.69) is 4.98 Å². The maximum absolute atomic E-state index is 12.2. The van der Waals surface area contributed by atoms with Crippen molar-refractivity contribution >= 4 is 5.78 Å². The Labute approximate surface area is 96.9 Å². The van der Waals surface area contributed by atoms with Crippen molar-refractivity contribution in [1.82, 2.24) is 4.98 Å². The van der Waals surface area contributed by atoms with Gasteiger partial charge < -0.3 is 0 Å². The van der Waals surface area contributed by atoms with E-state index >= 15 is 0 Å². The molecule has 0 unspecified atom stereocenters. The van der Waals surface area contributed by atoms with Crippen molar-refractivity contribution in [2.24, 2.45) is 0 Å². The largest absolute Gasteiger partial charge is 0.300 e. The highest BCUT2D eigenvalue weighted by Gasteiger charge is 2.17. The van der Waals surface area contributed by atoms with Gasteiger partial charge in [-0.05, 0) is 12.1 Å². The van der Waals surface area contributed by atoms with Crippen LogP contribution in [0.3, 0.4) is 0 Å². The van der Waals surface area contributed by atoms with Crippen LogP contribution in [0, 0.1) is 0 Å². The van der Waals surface area contributed by atoms with Gasteiger partial charge >= 0.3 is 6.43 Å². The van der Waals surface area contributed by atoms with Crippen molar-refractivity contribution in [3.8, 4) is 11.3 Å². The average molecular weight is 233 g/mol. The highest BCUT2D eigenvalue weighted by atomic mass is 19.3. The zero-order valence-electron chi connectivity index (χ0n) is 8.81. The van der Waals surface area contributed by atoms with Gasteiger partial charge in [-0.2, -0.15) is 0 Å². The maximum atomic E-state index is 12.2. The number of ketones is 1. The Morgan fingerprint density at radius 2 is 1.76 bits per heavy atom. The number of pyridine rings is 1. The molecule has 0 radical (unpaired) electrons. The highest BCUT2D eigenvalue weighted by molar-refractivity contribution is 5.98. The van der Waals surface area contributed by atoms with E-state index < -0.39 is 12.2 Å². The summed E-state index contributed by atoms with van der Waals surface area (Å²) in [6.45, 7) is 0. The molecule has 4 heteroatoms. The first kappa shape index (κ1) is 11.4. The lowest BCUT2D eigenvalue weighted by Gasteiger charge is -2.02. The number of aromatic nitrogens is 1. The van der Waals surface area contributed by atoms with E-state index in [-0.39, 0.29) is 5.56 Å². The lowest BCUT2D eigenvalue weighted by atomic mass is 10.1. The fraction of sp³-hybridized carbons (Fsp3) is 0.0769. The number of carbonyl (C=O) groups is 1. The third-order valence-electron chi connectivity index (χ3n) is 2.32. The Morgan fingerprint density at radius 3 is 2.29 bits per heavy atom. The summed E-state index contributed by atoms with van der Waals surface area (Å²) in [4.78, 5) is 15.0. The van der Waals surface area contributed by atoms with Crippen LogP contribution in [0.1, 0.15) is 10.4 Å². The summed E-state index contributed by atoms with van der Waals surface area (Å²) in [5.41, 5.74) is 1.46. The standard InChI is InChI=1S/C13H9F2NO/c14-13(15)12(17)10-6-7-11(16-8-10)9-4-2-1-3-5-9/h1-8,13H. The molecule has 0 aliphatic rings. The number of hydrogen-bond donors (Lipinski definition) is 0. The second-order valence-corrected chi connectivity index (χ2v) is 3.46. The Bertz CT molecular complexity index is 509. The number of nitrogens with zero attached hydrogens (tertiary/aromatic N) is 1. The summed E-state index contributed by atoms with van der Waals surface area (Å²) in [5, 5.41) is 0. The maximum Gasteiger partial charge on any atom is 0.300 e. The molecule has 0 saturated carbocycles. The second-order valence-electron chi connectivity index (χ2n) is 3.46. The Kier molecular flexibility index (Phi) is 3.23. The van der Waals surface area contributed by atoms with Crippen LogP contribution in [0.5, 0.6) is 0 Å². The first-order chi connectivity index (χ1) is 8.18. The zero-order chi connectivity index (χ0) is 12.3. The molecule has 2 aromatic rings. The van der Waals surface area contributed by atoms with Crippen LogP contribution < -0.4 is 0 Å². The number of rotatable bonds is 3. The van der Waals surface area contributed by atoms with Gasteiger partial charge in [0.05, 0.1) is 5.69 Å². The fourth-order valence-corrected chi connectivity index (χ4v) is 1.45. The molecule has 0 amide bonds. The topological polar surface area (TPSA) is 30.0 Å². The summed E-state index contributed by atoms with van der Waals surface area (Å²) < 4.78 is 24.3. The van der Waals surface area contributed by atoms with Crippen molar-refractivity contribution in [2.45, 2.75) is 6.43 Å². The van der Waals surface area contributed by atoms with Crippen molar-refractivity contribution in [2.75, 3.05) is 0 Å². The van der Waals surface area contributed by atoms with Gasteiger partial charge in [-0.3, -0.25) is 9.78 Å². The predicted molar refractivity (Wildman–Crippen MR) is 60.0 cm³/mol. The molecule has 0 saturated heterocycles. The van der Waals surface area contributed by atoms with Gasteiger partial charge in [0.15, 0.2) is 0 Å². The highest BCUT2D eigenvalue weighted by Crippen LogP contribution is 2.17. The molecule has 1 aromatic carbocycles. The summed E-state index contributed by atoms with van der Waals surface area (Å²) in [7, 11) is 0. The van der Waals surface area contributed by atoms with Crippen LogP contribution in [0.2, 0.25) is 0 Å². The molecular weight excluding hydrogens is 224 g/mol. The van der Waals surface area contributed by atoms with Crippen LogP contribution in [-0.4, -0.2) is 17.2 Å². The lowest BCUT2D eigenvalue weighted by Crippen LogP contribution is -2.10. The van der Waals surface area contributed by atoms with Crippen LogP contribution in [0.15, 0.2) is 48.7 Å². The Morgan fingerprint density at radius 1 is 1.06 bits per heavy atom. The first-order valence-electron chi connectivity index (χ1n) is 5.02. The number of hydrogen-bond acceptors (Lipinski definition) is 2. The van der Waals surface area contributed by atoms with Gasteiger partial charge in [-0.15, -0.1) is 0 Å². The van der Waals surface area contributed by atoms with Crippen molar-refractivity contribution < 1.29 is 13.6 Å². The van der Waals surface area contributed by atoms with Gasteiger partial charge in [-0.25, -0.2) is 8.78 Å². The quantitative estimate of drug-likeness (QED) is 0.762. The van der Waals surface area contributed by atoms with Gasteiger partial charge in [0.1, 0.15) is 0 Å².